The van der Waals surface area contributed by atoms with Crippen molar-refractivity contribution in [3.05, 3.63) is 41.3 Å². The molecule has 0 atom stereocenters. The lowest BCUT2D eigenvalue weighted by Gasteiger charge is -1.94. The highest BCUT2D eigenvalue weighted by molar-refractivity contribution is 7.16. The molecule has 0 aliphatic rings. The molecule has 6 heteroatoms. The molecule has 0 nitrogen and oxygen atoms in total. The Hall–Kier alpha value is -1.17. The summed E-state index contributed by atoms with van der Waals surface area (Å²) >= 11 is 1.80. The zero-order chi connectivity index (χ0) is 12.2. The number of halogens is 4. The summed E-state index contributed by atoms with van der Waals surface area (Å²) in [4.78, 5) is 0. The lowest BCUT2D eigenvalue weighted by Crippen LogP contribution is -2.02. The van der Waals surface area contributed by atoms with Crippen LogP contribution in [0.25, 0.3) is 10.1 Å². The molecule has 0 saturated carbocycles. The van der Waals surface area contributed by atoms with Gasteiger partial charge in [0.1, 0.15) is 0 Å². The van der Waals surface area contributed by atoms with Gasteiger partial charge in [0, 0.05) is 17.0 Å². The molecule has 1 heterocycles. The summed E-state index contributed by atoms with van der Waals surface area (Å²) in [5, 5.41) is 3.53. The van der Waals surface area contributed by atoms with Gasteiger partial charge >= 0.3 is 7.25 Å². The van der Waals surface area contributed by atoms with Gasteiger partial charge in [-0.25, -0.2) is 0 Å². The van der Waals surface area contributed by atoms with Crippen molar-refractivity contribution in [2.24, 2.45) is 0 Å². The maximum Gasteiger partial charge on any atom is 0.673 e. The summed E-state index contributed by atoms with van der Waals surface area (Å²) in [6.45, 7) is 2.13. The summed E-state index contributed by atoms with van der Waals surface area (Å²) in [5.74, 6) is 0. The van der Waals surface area contributed by atoms with Crippen LogP contribution in [0, 0.1) is 6.92 Å². The van der Waals surface area contributed by atoms with E-state index in [1.165, 1.54) is 15.6 Å². The first-order valence-electron chi connectivity index (χ1n) is 4.51. The van der Waals surface area contributed by atoms with E-state index in [4.69, 9.17) is 0 Å². The van der Waals surface area contributed by atoms with Crippen LogP contribution in [-0.2, 0) is 0 Å². The number of aryl methyl sites for hydroxylation is 1. The number of fused-ring (bicyclic) bond motifs is 1. The van der Waals surface area contributed by atoms with Gasteiger partial charge < -0.3 is 17.3 Å². The second kappa shape index (κ2) is 5.25. The molecule has 0 saturated heterocycles. The van der Waals surface area contributed by atoms with Crippen molar-refractivity contribution < 1.29 is 17.3 Å². The average molecular weight is 248 g/mol. The predicted octanol–water partition coefficient (Wildman–Crippen LogP) is 4.79. The molecule has 0 bridgehead atoms. The largest absolute Gasteiger partial charge is 0.673 e. The molecule has 0 radical (unpaired) electrons. The van der Waals surface area contributed by atoms with Crippen LogP contribution in [0.3, 0.4) is 0 Å². The number of benzene rings is 1. The molecule has 2 aromatic rings. The van der Waals surface area contributed by atoms with Crippen LogP contribution < -0.4 is 0 Å². The van der Waals surface area contributed by atoms with Gasteiger partial charge in [-0.2, -0.15) is 0 Å². The minimum atomic E-state index is -6.00. The van der Waals surface area contributed by atoms with Gasteiger partial charge in [-0.05, 0) is 19.1 Å². The van der Waals surface area contributed by atoms with Crippen molar-refractivity contribution in [3.63, 3.8) is 0 Å². The third kappa shape index (κ3) is 5.07. The van der Waals surface area contributed by atoms with Crippen LogP contribution in [0.15, 0.2) is 35.7 Å². The third-order valence-electron chi connectivity index (χ3n) is 1.67. The van der Waals surface area contributed by atoms with E-state index in [0.29, 0.717) is 0 Å². The molecule has 0 aliphatic heterocycles. The van der Waals surface area contributed by atoms with Crippen molar-refractivity contribution >= 4 is 28.7 Å². The highest BCUT2D eigenvalue weighted by Gasteiger charge is 2.20. The quantitative estimate of drug-likeness (QED) is 0.357. The van der Waals surface area contributed by atoms with E-state index < -0.39 is 7.25 Å². The Morgan fingerprint density at radius 2 is 1.62 bits per heavy atom. The van der Waals surface area contributed by atoms with E-state index in [1.54, 1.807) is 11.3 Å². The van der Waals surface area contributed by atoms with Crippen LogP contribution in [0.1, 0.15) is 5.56 Å². The maximum absolute atomic E-state index is 9.75. The smallest absolute Gasteiger partial charge is 0.418 e. The van der Waals surface area contributed by atoms with Crippen LogP contribution in [0.4, 0.5) is 17.3 Å². The Morgan fingerprint density at radius 1 is 1.06 bits per heavy atom. The van der Waals surface area contributed by atoms with Crippen LogP contribution >= 0.6 is 11.3 Å². The van der Waals surface area contributed by atoms with E-state index in [-0.39, 0.29) is 0 Å². The van der Waals surface area contributed by atoms with Crippen molar-refractivity contribution in [1.82, 2.24) is 0 Å². The monoisotopic (exact) mass is 248 g/mol. The zero-order valence-electron chi connectivity index (χ0n) is 8.46. The molecule has 0 amide bonds. The Labute approximate surface area is 94.7 Å². The van der Waals surface area contributed by atoms with Gasteiger partial charge in [0.25, 0.3) is 0 Å². The molecule has 1 aromatic heterocycles. The SMILES string of the molecule is Cc1c[s+]c2ccccc2c1.F[B-](F)(F)F. The van der Waals surface area contributed by atoms with Crippen LogP contribution in [-0.4, -0.2) is 7.25 Å². The molecule has 16 heavy (non-hydrogen) atoms. The van der Waals surface area contributed by atoms with Gasteiger partial charge in [0.15, 0.2) is 5.38 Å². The van der Waals surface area contributed by atoms with Gasteiger partial charge in [-0.3, -0.25) is 0 Å². The Balaban J connectivity index is 0.000000221. The first-order chi connectivity index (χ1) is 7.36. The Bertz CT molecular complexity index is 464. The minimum absolute atomic E-state index is 1.34. The van der Waals surface area contributed by atoms with E-state index in [0.717, 1.165) is 0 Å². The van der Waals surface area contributed by atoms with Crippen molar-refractivity contribution in [1.29, 1.82) is 0 Å². The zero-order valence-corrected chi connectivity index (χ0v) is 9.28. The summed E-state index contributed by atoms with van der Waals surface area (Å²) in [5.41, 5.74) is 1.34. The standard InChI is InChI=1S/C10H9S.BF4/c1-8-6-9-4-2-3-5-10(9)11-7-8;2-1(3,4)5/h2-7H,1H3;/q+1;-1. The summed E-state index contributed by atoms with van der Waals surface area (Å²) in [7, 11) is -6.00. The van der Waals surface area contributed by atoms with Crippen LogP contribution in [0.5, 0.6) is 0 Å². The second-order valence-electron chi connectivity index (χ2n) is 3.16. The van der Waals surface area contributed by atoms with E-state index in [9.17, 15) is 17.3 Å². The molecular weight excluding hydrogens is 239 g/mol. The number of rotatable bonds is 0. The highest BCUT2D eigenvalue weighted by atomic mass is 32.1. The predicted molar refractivity (Wildman–Crippen MR) is 61.2 cm³/mol. The van der Waals surface area contributed by atoms with Gasteiger partial charge in [0.05, 0.1) is 0 Å². The number of hydrogen-bond acceptors (Lipinski definition) is 0. The molecule has 2 rings (SSSR count). The topological polar surface area (TPSA) is 0 Å². The van der Waals surface area contributed by atoms with Crippen molar-refractivity contribution in [2.45, 2.75) is 6.92 Å². The fourth-order valence-corrected chi connectivity index (χ4v) is 1.94. The van der Waals surface area contributed by atoms with Crippen molar-refractivity contribution in [2.75, 3.05) is 0 Å². The summed E-state index contributed by atoms with van der Waals surface area (Å²) < 4.78 is 40.4. The molecule has 0 unspecified atom stereocenters. The fourth-order valence-electron chi connectivity index (χ4n) is 1.14. The lowest BCUT2D eigenvalue weighted by atomic mass is 10.2. The first-order valence-corrected chi connectivity index (χ1v) is 5.39. The van der Waals surface area contributed by atoms with E-state index in [2.05, 4.69) is 42.6 Å². The molecule has 0 spiro atoms. The average Bonchev–Trinajstić information content (AvgIpc) is 2.15. The molecule has 1 aromatic carbocycles. The van der Waals surface area contributed by atoms with Crippen molar-refractivity contribution in [3.8, 4) is 0 Å². The maximum atomic E-state index is 9.75. The van der Waals surface area contributed by atoms with E-state index in [1.807, 2.05) is 0 Å². The Kier molecular flexibility index (Phi) is 4.23. The van der Waals surface area contributed by atoms with Crippen LogP contribution in [0.2, 0.25) is 0 Å². The lowest BCUT2D eigenvalue weighted by molar-refractivity contribution is 0.368. The summed E-state index contributed by atoms with van der Waals surface area (Å²) in [6, 6.07) is 10.7. The minimum Gasteiger partial charge on any atom is -0.418 e. The van der Waals surface area contributed by atoms with Gasteiger partial charge in [-0.15, -0.1) is 0 Å². The molecule has 86 valence electrons. The first kappa shape index (κ1) is 12.9. The number of hydrogen-bond donors (Lipinski definition) is 0. The Morgan fingerprint density at radius 3 is 2.25 bits per heavy atom. The molecular formula is C10H9BF4S. The second-order valence-corrected chi connectivity index (χ2v) is 4.07. The van der Waals surface area contributed by atoms with Gasteiger partial charge in [0.2, 0.25) is 16.0 Å². The molecule has 0 fully saturated rings. The fraction of sp³-hybridized carbons (Fsp3) is 0.100. The third-order valence-corrected chi connectivity index (χ3v) is 2.79. The normalized spacial score (nSPS) is 10.8. The molecule has 0 aliphatic carbocycles. The van der Waals surface area contributed by atoms with E-state index >= 15 is 0 Å². The summed E-state index contributed by atoms with van der Waals surface area (Å²) in [6.07, 6.45) is 0. The highest BCUT2D eigenvalue weighted by Crippen LogP contribution is 2.19. The van der Waals surface area contributed by atoms with Gasteiger partial charge in [-0.1, -0.05) is 12.1 Å². The molecule has 0 N–H and O–H groups in total.